The Hall–Kier alpha value is -3.87. The van der Waals surface area contributed by atoms with Crippen molar-refractivity contribution in [2.24, 2.45) is 0 Å². The van der Waals surface area contributed by atoms with Crippen LogP contribution in [0.5, 0.6) is 6.01 Å². The fourth-order valence-corrected chi connectivity index (χ4v) is 6.69. The highest BCUT2D eigenvalue weighted by Gasteiger charge is 2.33. The molecule has 0 N–H and O–H groups in total. The van der Waals surface area contributed by atoms with Crippen molar-refractivity contribution in [3.05, 3.63) is 65.3 Å². The average molecular weight is 586 g/mol. The number of amides is 1. The summed E-state index contributed by atoms with van der Waals surface area (Å²) in [5.74, 6) is 0.708. The van der Waals surface area contributed by atoms with Gasteiger partial charge in [-0.05, 0) is 62.5 Å². The molecule has 2 aromatic carbocycles. The highest BCUT2D eigenvalue weighted by Crippen LogP contribution is 2.35. The molecule has 0 bridgehead atoms. The molecule has 10 heteroatoms. The second-order valence-electron chi connectivity index (χ2n) is 11.4. The van der Waals surface area contributed by atoms with Crippen LogP contribution >= 0.6 is 11.6 Å². The maximum Gasteiger partial charge on any atom is 0.318 e. The van der Waals surface area contributed by atoms with Crippen LogP contribution in [0.1, 0.15) is 30.5 Å². The summed E-state index contributed by atoms with van der Waals surface area (Å²) in [4.78, 5) is 31.1. The van der Waals surface area contributed by atoms with Crippen LogP contribution in [0.2, 0.25) is 5.02 Å². The summed E-state index contributed by atoms with van der Waals surface area (Å²) in [6, 6.07) is 15.1. The van der Waals surface area contributed by atoms with Crippen molar-refractivity contribution in [2.75, 3.05) is 56.2 Å². The molecule has 42 heavy (non-hydrogen) atoms. The molecule has 2 atom stereocenters. The molecule has 3 aliphatic heterocycles. The summed E-state index contributed by atoms with van der Waals surface area (Å²) >= 11 is 6.40. The van der Waals surface area contributed by atoms with E-state index in [2.05, 4.69) is 58.7 Å². The lowest BCUT2D eigenvalue weighted by molar-refractivity contribution is -0.128. The molecule has 9 nitrogen and oxygen atoms in total. The van der Waals surface area contributed by atoms with Gasteiger partial charge in [0.2, 0.25) is 5.91 Å². The summed E-state index contributed by atoms with van der Waals surface area (Å²) in [5.41, 5.74) is 3.18. The van der Waals surface area contributed by atoms with Gasteiger partial charge in [0, 0.05) is 53.9 Å². The van der Waals surface area contributed by atoms with Gasteiger partial charge in [-0.3, -0.25) is 4.79 Å². The first kappa shape index (κ1) is 28.3. The zero-order valence-corrected chi connectivity index (χ0v) is 24.8. The summed E-state index contributed by atoms with van der Waals surface area (Å²) < 4.78 is 6.28. The number of hydrogen-bond donors (Lipinski definition) is 0. The first-order valence-electron chi connectivity index (χ1n) is 14.7. The molecular formula is C32H36ClN7O2. The van der Waals surface area contributed by atoms with Gasteiger partial charge in [-0.15, -0.1) is 0 Å². The van der Waals surface area contributed by atoms with E-state index >= 15 is 0 Å². The van der Waals surface area contributed by atoms with Gasteiger partial charge >= 0.3 is 6.01 Å². The van der Waals surface area contributed by atoms with Gasteiger partial charge in [0.05, 0.1) is 30.8 Å². The van der Waals surface area contributed by atoms with Gasteiger partial charge in [-0.25, -0.2) is 0 Å². The molecule has 3 aliphatic rings. The number of aromatic nitrogens is 2. The van der Waals surface area contributed by atoms with Crippen molar-refractivity contribution in [2.45, 2.75) is 44.3 Å². The molecule has 2 unspecified atom stereocenters. The van der Waals surface area contributed by atoms with Crippen molar-refractivity contribution in [1.82, 2.24) is 19.8 Å². The minimum absolute atomic E-state index is 0.143. The third-order valence-corrected chi connectivity index (χ3v) is 9.06. The summed E-state index contributed by atoms with van der Waals surface area (Å²) in [5, 5.41) is 12.5. The lowest BCUT2D eigenvalue weighted by Crippen LogP contribution is -2.55. The van der Waals surface area contributed by atoms with Crippen LogP contribution < -0.4 is 14.5 Å². The highest BCUT2D eigenvalue weighted by molar-refractivity contribution is 6.31. The SMILES string of the molecule is C=CC(=O)N1CCN(c2nc(OCC3CCCN3C)nc3c2CCN(c2cccc4ccc(Cl)cc24)C3)CC1CC#N. The van der Waals surface area contributed by atoms with E-state index in [0.29, 0.717) is 49.9 Å². The van der Waals surface area contributed by atoms with E-state index < -0.39 is 0 Å². The number of carbonyl (C=O) groups excluding carboxylic acids is 1. The zero-order valence-electron chi connectivity index (χ0n) is 24.0. The fraction of sp³-hybridized carbons (Fsp3) is 0.438. The Morgan fingerprint density at radius 3 is 2.83 bits per heavy atom. The van der Waals surface area contributed by atoms with Crippen molar-refractivity contribution in [3.63, 3.8) is 0 Å². The van der Waals surface area contributed by atoms with Crippen molar-refractivity contribution >= 4 is 39.8 Å². The van der Waals surface area contributed by atoms with Crippen LogP contribution in [-0.2, 0) is 17.8 Å². The summed E-state index contributed by atoms with van der Waals surface area (Å²) in [6.45, 7) is 8.32. The van der Waals surface area contributed by atoms with E-state index in [1.54, 1.807) is 4.90 Å². The predicted molar refractivity (Wildman–Crippen MR) is 165 cm³/mol. The number of carbonyl (C=O) groups is 1. The Labute approximate surface area is 251 Å². The van der Waals surface area contributed by atoms with Gasteiger partial charge in [-0.2, -0.15) is 15.2 Å². The molecule has 0 saturated carbocycles. The molecule has 2 fully saturated rings. The van der Waals surface area contributed by atoms with Gasteiger partial charge in [0.15, 0.2) is 0 Å². The zero-order chi connectivity index (χ0) is 29.2. The molecule has 6 rings (SSSR count). The van der Waals surface area contributed by atoms with Crippen LogP contribution in [-0.4, -0.2) is 84.1 Å². The molecule has 0 aliphatic carbocycles. The number of halogens is 1. The Morgan fingerprint density at radius 2 is 2.05 bits per heavy atom. The van der Waals surface area contributed by atoms with Crippen LogP contribution in [0, 0.1) is 11.3 Å². The minimum atomic E-state index is -0.239. The van der Waals surface area contributed by atoms with Gasteiger partial charge in [0.25, 0.3) is 0 Å². The molecule has 0 spiro atoms. The van der Waals surface area contributed by atoms with E-state index in [0.717, 1.165) is 59.5 Å². The van der Waals surface area contributed by atoms with E-state index in [9.17, 15) is 10.1 Å². The Balaban J connectivity index is 1.33. The molecule has 218 valence electrons. The molecule has 0 radical (unpaired) electrons. The van der Waals surface area contributed by atoms with E-state index in [1.165, 1.54) is 12.5 Å². The number of rotatable bonds is 7. The third-order valence-electron chi connectivity index (χ3n) is 8.83. The average Bonchev–Trinajstić information content (AvgIpc) is 3.43. The number of nitriles is 1. The molecule has 2 saturated heterocycles. The molecule has 1 amide bonds. The molecule has 3 aromatic rings. The minimum Gasteiger partial charge on any atom is -0.462 e. The number of nitrogens with zero attached hydrogens (tertiary/aromatic N) is 7. The van der Waals surface area contributed by atoms with E-state index in [1.807, 2.05) is 12.1 Å². The first-order chi connectivity index (χ1) is 20.4. The normalized spacial score (nSPS) is 20.8. The van der Waals surface area contributed by atoms with Gasteiger partial charge in [0.1, 0.15) is 12.4 Å². The second-order valence-corrected chi connectivity index (χ2v) is 11.8. The standard InChI is InChI=1S/C32H36ClN7O2/c1-3-30(41)40-17-16-39(19-24(40)11-13-34)31-26-12-15-38(29-8-4-6-22-9-10-23(33)18-27(22)29)20-28(26)35-32(36-31)42-21-25-7-5-14-37(25)2/h3-4,6,8-10,18,24-25H,1,5,7,11-12,14-17,19-21H2,2H3. The first-order valence-corrected chi connectivity index (χ1v) is 15.0. The van der Waals surface area contributed by atoms with Crippen LogP contribution in [0.25, 0.3) is 10.8 Å². The molecular weight excluding hydrogens is 550 g/mol. The maximum atomic E-state index is 12.5. The molecule has 4 heterocycles. The lowest BCUT2D eigenvalue weighted by atomic mass is 10.0. The quantitative estimate of drug-likeness (QED) is 0.376. The Morgan fingerprint density at radius 1 is 1.17 bits per heavy atom. The number of likely N-dealkylation sites (tertiary alicyclic amines) is 1. The smallest absolute Gasteiger partial charge is 0.318 e. The lowest BCUT2D eigenvalue weighted by Gasteiger charge is -2.42. The number of hydrogen-bond acceptors (Lipinski definition) is 8. The Kier molecular flexibility index (Phi) is 8.18. The van der Waals surface area contributed by atoms with Gasteiger partial charge in [-0.1, -0.05) is 36.4 Å². The second kappa shape index (κ2) is 12.2. The number of fused-ring (bicyclic) bond motifs is 2. The van der Waals surface area contributed by atoms with Gasteiger partial charge < -0.3 is 24.3 Å². The molecule has 1 aromatic heterocycles. The summed E-state index contributed by atoms with van der Waals surface area (Å²) in [7, 11) is 2.13. The fourth-order valence-electron chi connectivity index (χ4n) is 6.52. The monoisotopic (exact) mass is 585 g/mol. The van der Waals surface area contributed by atoms with Crippen LogP contribution in [0.15, 0.2) is 49.1 Å². The number of anilines is 2. The van der Waals surface area contributed by atoms with E-state index in [4.69, 9.17) is 26.3 Å². The number of benzene rings is 2. The number of likely N-dealkylation sites (N-methyl/N-ethyl adjacent to an activating group) is 1. The number of ether oxygens (including phenoxy) is 1. The maximum absolute atomic E-state index is 12.5. The predicted octanol–water partition coefficient (Wildman–Crippen LogP) is 4.44. The van der Waals surface area contributed by atoms with Crippen molar-refractivity contribution < 1.29 is 9.53 Å². The highest BCUT2D eigenvalue weighted by atomic mass is 35.5. The Bertz CT molecular complexity index is 1540. The number of piperazine rings is 1. The topological polar surface area (TPSA) is 88.8 Å². The van der Waals surface area contributed by atoms with Crippen LogP contribution in [0.4, 0.5) is 11.5 Å². The van der Waals surface area contributed by atoms with E-state index in [-0.39, 0.29) is 18.4 Å². The third kappa shape index (κ3) is 5.61. The van der Waals surface area contributed by atoms with Crippen LogP contribution in [0.3, 0.4) is 0 Å². The van der Waals surface area contributed by atoms with Crippen molar-refractivity contribution in [1.29, 1.82) is 5.26 Å². The van der Waals surface area contributed by atoms with Crippen molar-refractivity contribution in [3.8, 4) is 12.1 Å². The largest absolute Gasteiger partial charge is 0.462 e. The summed E-state index contributed by atoms with van der Waals surface area (Å²) in [6.07, 6.45) is 4.60.